The maximum Gasteiger partial charge on any atom is 0.182 e. The van der Waals surface area contributed by atoms with Crippen molar-refractivity contribution >= 4 is 17.0 Å². The van der Waals surface area contributed by atoms with Crippen LogP contribution in [0.4, 0.5) is 18.9 Å². The fourth-order valence-electron chi connectivity index (χ4n) is 1.36. The van der Waals surface area contributed by atoms with Crippen LogP contribution >= 0.6 is 11.3 Å². The zero-order valence-electron chi connectivity index (χ0n) is 8.93. The van der Waals surface area contributed by atoms with Gasteiger partial charge in [-0.25, -0.2) is 18.2 Å². The summed E-state index contributed by atoms with van der Waals surface area (Å²) in [6.07, 6.45) is 0. The maximum absolute atomic E-state index is 13.3. The summed E-state index contributed by atoms with van der Waals surface area (Å²) >= 11 is 1.40. The van der Waals surface area contributed by atoms with Crippen molar-refractivity contribution in [2.75, 3.05) is 5.32 Å². The minimum atomic E-state index is -1.20. The summed E-state index contributed by atoms with van der Waals surface area (Å²) in [5, 5.41) is 2.65. The van der Waals surface area contributed by atoms with Crippen molar-refractivity contribution in [2.24, 2.45) is 0 Å². The first-order chi connectivity index (χ1) is 8.08. The minimum absolute atomic E-state index is 0.185. The first-order valence-electron chi connectivity index (χ1n) is 4.85. The van der Waals surface area contributed by atoms with Gasteiger partial charge in [0.05, 0.1) is 23.4 Å². The quantitative estimate of drug-likeness (QED) is 0.852. The normalized spacial score (nSPS) is 10.6. The first kappa shape index (κ1) is 11.9. The second-order valence-corrected chi connectivity index (χ2v) is 4.40. The molecule has 17 heavy (non-hydrogen) atoms. The molecular weight excluding hydrogens is 249 g/mol. The van der Waals surface area contributed by atoms with Crippen LogP contribution in [0.1, 0.15) is 10.6 Å². The van der Waals surface area contributed by atoms with Gasteiger partial charge in [-0.1, -0.05) is 0 Å². The summed E-state index contributed by atoms with van der Waals surface area (Å²) in [5.41, 5.74) is 2.30. The average Bonchev–Trinajstić information content (AvgIpc) is 2.67. The fraction of sp³-hybridized carbons (Fsp3) is 0.182. The maximum atomic E-state index is 13.3. The average molecular weight is 258 g/mol. The monoisotopic (exact) mass is 258 g/mol. The molecule has 2 rings (SSSR count). The number of hydrogen-bond acceptors (Lipinski definition) is 3. The van der Waals surface area contributed by atoms with Crippen molar-refractivity contribution < 1.29 is 13.2 Å². The Morgan fingerprint density at radius 2 is 2.06 bits per heavy atom. The van der Waals surface area contributed by atoms with Crippen molar-refractivity contribution in [3.8, 4) is 0 Å². The van der Waals surface area contributed by atoms with E-state index < -0.39 is 17.5 Å². The summed E-state index contributed by atoms with van der Waals surface area (Å²) in [4.78, 5) is 4.92. The minimum Gasteiger partial charge on any atom is -0.378 e. The van der Waals surface area contributed by atoms with Gasteiger partial charge in [-0.3, -0.25) is 0 Å². The van der Waals surface area contributed by atoms with E-state index in [0.29, 0.717) is 6.07 Å². The van der Waals surface area contributed by atoms with Gasteiger partial charge in [0.15, 0.2) is 11.6 Å². The molecule has 1 aromatic carbocycles. The number of halogens is 3. The van der Waals surface area contributed by atoms with Gasteiger partial charge < -0.3 is 5.32 Å². The molecule has 0 atom stereocenters. The van der Waals surface area contributed by atoms with Crippen molar-refractivity contribution in [1.82, 2.24) is 4.98 Å². The highest BCUT2D eigenvalue weighted by Gasteiger charge is 2.11. The van der Waals surface area contributed by atoms with Gasteiger partial charge in [-0.05, 0) is 6.92 Å². The zero-order valence-corrected chi connectivity index (χ0v) is 9.75. The molecule has 90 valence electrons. The van der Waals surface area contributed by atoms with E-state index >= 15 is 0 Å². The van der Waals surface area contributed by atoms with Crippen LogP contribution in [0.2, 0.25) is 0 Å². The van der Waals surface area contributed by atoms with E-state index in [4.69, 9.17) is 0 Å². The lowest BCUT2D eigenvalue weighted by Gasteiger charge is -2.07. The fourth-order valence-corrected chi connectivity index (χ4v) is 2.07. The van der Waals surface area contributed by atoms with Crippen LogP contribution < -0.4 is 5.32 Å². The molecule has 0 unspecified atom stereocenters. The van der Waals surface area contributed by atoms with Gasteiger partial charge >= 0.3 is 0 Å². The topological polar surface area (TPSA) is 24.9 Å². The molecule has 0 amide bonds. The highest BCUT2D eigenvalue weighted by Crippen LogP contribution is 2.21. The van der Waals surface area contributed by atoms with E-state index in [1.165, 1.54) is 11.3 Å². The molecule has 1 heterocycles. The third-order valence-corrected chi connectivity index (χ3v) is 3.21. The summed E-state index contributed by atoms with van der Waals surface area (Å²) in [7, 11) is 0. The number of anilines is 1. The molecule has 2 aromatic rings. The molecule has 1 aromatic heterocycles. The lowest BCUT2D eigenvalue weighted by molar-refractivity contribution is 0.497. The summed E-state index contributed by atoms with van der Waals surface area (Å²) in [5.74, 6) is -3.09. The Labute approximate surface area is 100 Å². The highest BCUT2D eigenvalue weighted by atomic mass is 32.1. The molecule has 0 saturated carbocycles. The lowest BCUT2D eigenvalue weighted by atomic mass is 10.2. The number of aryl methyl sites for hydroxylation is 1. The number of rotatable bonds is 3. The standard InChI is InChI=1S/C11H9F3N2S/c1-6-10(17-5-16-6)4-15-9-3-7(12)2-8(13)11(9)14/h2-3,5,15H,4H2,1H3. The van der Waals surface area contributed by atoms with Gasteiger partial charge in [-0.15, -0.1) is 11.3 Å². The van der Waals surface area contributed by atoms with E-state index in [-0.39, 0.29) is 12.2 Å². The Morgan fingerprint density at radius 1 is 1.29 bits per heavy atom. The smallest absolute Gasteiger partial charge is 0.182 e. The first-order valence-corrected chi connectivity index (χ1v) is 5.73. The van der Waals surface area contributed by atoms with Gasteiger partial charge in [0, 0.05) is 17.0 Å². The predicted molar refractivity (Wildman–Crippen MR) is 60.5 cm³/mol. The Morgan fingerprint density at radius 3 is 2.71 bits per heavy atom. The summed E-state index contributed by atoms with van der Waals surface area (Å²) < 4.78 is 39.1. The Kier molecular flexibility index (Phi) is 3.33. The number of nitrogens with zero attached hydrogens (tertiary/aromatic N) is 1. The molecule has 6 heteroatoms. The van der Waals surface area contributed by atoms with E-state index in [2.05, 4.69) is 10.3 Å². The molecule has 0 bridgehead atoms. The van der Waals surface area contributed by atoms with Crippen molar-refractivity contribution in [1.29, 1.82) is 0 Å². The molecule has 0 aliphatic rings. The zero-order chi connectivity index (χ0) is 12.4. The largest absolute Gasteiger partial charge is 0.378 e. The second kappa shape index (κ2) is 4.75. The molecule has 0 aliphatic heterocycles. The molecule has 0 saturated heterocycles. The number of thiazole rings is 1. The number of nitrogens with one attached hydrogen (secondary N) is 1. The van der Waals surface area contributed by atoms with Gasteiger partial charge in [0.1, 0.15) is 5.82 Å². The van der Waals surface area contributed by atoms with E-state index in [1.54, 1.807) is 5.51 Å². The lowest BCUT2D eigenvalue weighted by Crippen LogP contribution is -2.03. The third kappa shape index (κ3) is 2.58. The molecular formula is C11H9F3N2S. The van der Waals surface area contributed by atoms with Crippen molar-refractivity contribution in [3.05, 3.63) is 45.7 Å². The Bertz CT molecular complexity index is 540. The Hall–Kier alpha value is -1.56. The molecule has 1 N–H and O–H groups in total. The molecule has 0 fully saturated rings. The molecule has 0 spiro atoms. The van der Waals surface area contributed by atoms with Crippen LogP contribution in [0.3, 0.4) is 0 Å². The van der Waals surface area contributed by atoms with Crippen LogP contribution in [0.15, 0.2) is 17.6 Å². The van der Waals surface area contributed by atoms with Crippen molar-refractivity contribution in [3.63, 3.8) is 0 Å². The number of aromatic nitrogens is 1. The van der Waals surface area contributed by atoms with Crippen LogP contribution in [0, 0.1) is 24.4 Å². The van der Waals surface area contributed by atoms with E-state index in [1.807, 2.05) is 6.92 Å². The summed E-state index contributed by atoms with van der Waals surface area (Å²) in [6.45, 7) is 2.10. The van der Waals surface area contributed by atoms with Gasteiger partial charge in [0.2, 0.25) is 0 Å². The Balaban J connectivity index is 2.17. The SMILES string of the molecule is Cc1ncsc1CNc1cc(F)cc(F)c1F. The molecule has 0 radical (unpaired) electrons. The highest BCUT2D eigenvalue weighted by molar-refractivity contribution is 7.09. The number of hydrogen-bond donors (Lipinski definition) is 1. The molecule has 2 nitrogen and oxygen atoms in total. The van der Waals surface area contributed by atoms with Gasteiger partial charge in [0.25, 0.3) is 0 Å². The predicted octanol–water partition coefficient (Wildman–Crippen LogP) is 3.48. The third-order valence-electron chi connectivity index (χ3n) is 2.28. The van der Waals surface area contributed by atoms with E-state index in [0.717, 1.165) is 16.6 Å². The number of benzene rings is 1. The van der Waals surface area contributed by atoms with Crippen LogP contribution in [-0.2, 0) is 6.54 Å². The van der Waals surface area contributed by atoms with Crippen LogP contribution in [0.5, 0.6) is 0 Å². The second-order valence-electron chi connectivity index (χ2n) is 3.46. The van der Waals surface area contributed by atoms with Crippen molar-refractivity contribution in [2.45, 2.75) is 13.5 Å². The van der Waals surface area contributed by atoms with Crippen LogP contribution in [-0.4, -0.2) is 4.98 Å². The van der Waals surface area contributed by atoms with E-state index in [9.17, 15) is 13.2 Å². The molecule has 0 aliphatic carbocycles. The van der Waals surface area contributed by atoms with Gasteiger partial charge in [-0.2, -0.15) is 0 Å². The van der Waals surface area contributed by atoms with Crippen LogP contribution in [0.25, 0.3) is 0 Å². The summed E-state index contributed by atoms with van der Waals surface area (Å²) in [6, 6.07) is 1.44.